The predicted molar refractivity (Wildman–Crippen MR) is 92.4 cm³/mol. The van der Waals surface area contributed by atoms with E-state index in [2.05, 4.69) is 68.3 Å². The molecule has 0 saturated carbocycles. The monoisotopic (exact) mass is 306 g/mol. The highest BCUT2D eigenvalue weighted by Gasteiger charge is 2.38. The van der Waals surface area contributed by atoms with Crippen LogP contribution in [-0.4, -0.2) is 39.4 Å². The maximum absolute atomic E-state index is 6.33. The zero-order valence-electron chi connectivity index (χ0n) is 14.2. The highest BCUT2D eigenvalue weighted by Crippen LogP contribution is 2.37. The molecule has 0 bridgehead atoms. The van der Waals surface area contributed by atoms with Gasteiger partial charge in [-0.3, -0.25) is 4.90 Å². The van der Waals surface area contributed by atoms with Crippen LogP contribution in [0.25, 0.3) is 0 Å². The maximum atomic E-state index is 6.33. The van der Waals surface area contributed by atoms with E-state index in [1.807, 2.05) is 0 Å². The molecule has 1 heterocycles. The van der Waals surface area contributed by atoms with Crippen molar-refractivity contribution >= 4 is 8.32 Å². The Morgan fingerprint density at radius 2 is 1.67 bits per heavy atom. The molecule has 1 aliphatic rings. The summed E-state index contributed by atoms with van der Waals surface area (Å²) in [5, 5.41) is 3.63. The standard InChI is InChI=1S/C17H30N2OSi/c1-17(2,3)21(4,5)20-16-8-6-15(7-9-16)14-19-12-10-18-11-13-19/h6-9,18H,10-14H2,1-5H3. The predicted octanol–water partition coefficient (Wildman–Crippen LogP) is 3.48. The van der Waals surface area contributed by atoms with Crippen LogP contribution >= 0.6 is 0 Å². The molecule has 4 heteroatoms. The van der Waals surface area contributed by atoms with Gasteiger partial charge < -0.3 is 9.74 Å². The molecule has 0 amide bonds. The lowest BCUT2D eigenvalue weighted by Gasteiger charge is -2.36. The Balaban J connectivity index is 1.95. The molecule has 1 saturated heterocycles. The first kappa shape index (κ1) is 16.5. The topological polar surface area (TPSA) is 24.5 Å². The first-order valence-corrected chi connectivity index (χ1v) is 10.9. The summed E-state index contributed by atoms with van der Waals surface area (Å²) in [7, 11) is -1.72. The summed E-state index contributed by atoms with van der Waals surface area (Å²) in [6.07, 6.45) is 0. The number of nitrogens with zero attached hydrogens (tertiary/aromatic N) is 1. The van der Waals surface area contributed by atoms with E-state index in [1.165, 1.54) is 5.56 Å². The minimum absolute atomic E-state index is 0.243. The second kappa shape index (κ2) is 6.51. The van der Waals surface area contributed by atoms with E-state index < -0.39 is 8.32 Å². The smallest absolute Gasteiger partial charge is 0.250 e. The fourth-order valence-corrected chi connectivity index (χ4v) is 3.27. The molecule has 1 aromatic carbocycles. The SMILES string of the molecule is CC(C)(C)[Si](C)(C)Oc1ccc(CN2CCNCC2)cc1. The molecule has 0 radical (unpaired) electrons. The van der Waals surface area contributed by atoms with E-state index >= 15 is 0 Å². The highest BCUT2D eigenvalue weighted by atomic mass is 28.4. The highest BCUT2D eigenvalue weighted by molar-refractivity contribution is 6.74. The molecule has 0 atom stereocenters. The average Bonchev–Trinajstić information content (AvgIpc) is 2.41. The Labute approximate surface area is 130 Å². The van der Waals surface area contributed by atoms with Crippen LogP contribution in [0.3, 0.4) is 0 Å². The normalized spacial score (nSPS) is 17.8. The maximum Gasteiger partial charge on any atom is 0.250 e. The molecule has 1 aliphatic heterocycles. The van der Waals surface area contributed by atoms with Crippen molar-refractivity contribution in [1.82, 2.24) is 10.2 Å². The van der Waals surface area contributed by atoms with Gasteiger partial charge in [0.25, 0.3) is 0 Å². The molecule has 0 unspecified atom stereocenters. The fraction of sp³-hybridized carbons (Fsp3) is 0.647. The van der Waals surface area contributed by atoms with Crippen LogP contribution in [0.5, 0.6) is 5.75 Å². The van der Waals surface area contributed by atoms with Gasteiger partial charge in [0.1, 0.15) is 5.75 Å². The van der Waals surface area contributed by atoms with Crippen LogP contribution in [0.15, 0.2) is 24.3 Å². The van der Waals surface area contributed by atoms with E-state index in [0.29, 0.717) is 0 Å². The summed E-state index contributed by atoms with van der Waals surface area (Å²) in [5.74, 6) is 1.02. The molecule has 3 nitrogen and oxygen atoms in total. The Hall–Kier alpha value is -0.843. The van der Waals surface area contributed by atoms with Gasteiger partial charge >= 0.3 is 0 Å². The Kier molecular flexibility index (Phi) is 5.12. The second-order valence-electron chi connectivity index (χ2n) is 7.53. The molecule has 0 spiro atoms. The molecule has 1 aromatic rings. The van der Waals surface area contributed by atoms with Gasteiger partial charge in [-0.05, 0) is 35.8 Å². The van der Waals surface area contributed by atoms with Crippen molar-refractivity contribution in [1.29, 1.82) is 0 Å². The minimum atomic E-state index is -1.72. The van der Waals surface area contributed by atoms with Crippen molar-refractivity contribution in [3.05, 3.63) is 29.8 Å². The van der Waals surface area contributed by atoms with Gasteiger partial charge in [0.05, 0.1) is 0 Å². The van der Waals surface area contributed by atoms with Crippen molar-refractivity contribution in [2.45, 2.75) is 45.4 Å². The van der Waals surface area contributed by atoms with Crippen molar-refractivity contribution in [2.75, 3.05) is 26.2 Å². The second-order valence-corrected chi connectivity index (χ2v) is 12.3. The molecule has 0 aromatic heterocycles. The van der Waals surface area contributed by atoms with Crippen LogP contribution in [-0.2, 0) is 6.54 Å². The van der Waals surface area contributed by atoms with Crippen molar-refractivity contribution in [3.8, 4) is 5.75 Å². The fourth-order valence-electron chi connectivity index (χ4n) is 2.24. The van der Waals surface area contributed by atoms with Crippen LogP contribution in [0, 0.1) is 0 Å². The first-order valence-electron chi connectivity index (χ1n) is 7.99. The van der Waals surface area contributed by atoms with Crippen molar-refractivity contribution < 1.29 is 4.43 Å². The largest absolute Gasteiger partial charge is 0.544 e. The minimum Gasteiger partial charge on any atom is -0.544 e. The number of piperazine rings is 1. The van der Waals surface area contributed by atoms with Crippen LogP contribution in [0.2, 0.25) is 18.1 Å². The van der Waals surface area contributed by atoms with Gasteiger partial charge in [0, 0.05) is 32.7 Å². The molecule has 21 heavy (non-hydrogen) atoms. The molecule has 1 N–H and O–H groups in total. The van der Waals surface area contributed by atoms with E-state index in [-0.39, 0.29) is 5.04 Å². The van der Waals surface area contributed by atoms with E-state index in [0.717, 1.165) is 38.5 Å². The molecule has 118 valence electrons. The Bertz CT molecular complexity index is 445. The van der Waals surface area contributed by atoms with Crippen LogP contribution in [0.1, 0.15) is 26.3 Å². The Morgan fingerprint density at radius 3 is 2.19 bits per heavy atom. The van der Waals surface area contributed by atoms with Gasteiger partial charge in [0.2, 0.25) is 8.32 Å². The number of hydrogen-bond acceptors (Lipinski definition) is 3. The molecular weight excluding hydrogens is 276 g/mol. The number of nitrogens with one attached hydrogen (secondary N) is 1. The molecule has 1 fully saturated rings. The third-order valence-corrected chi connectivity index (χ3v) is 9.08. The quantitative estimate of drug-likeness (QED) is 0.862. The number of rotatable bonds is 4. The van der Waals surface area contributed by atoms with Crippen LogP contribution in [0.4, 0.5) is 0 Å². The lowest BCUT2D eigenvalue weighted by molar-refractivity contribution is 0.233. The lowest BCUT2D eigenvalue weighted by Crippen LogP contribution is -2.43. The van der Waals surface area contributed by atoms with E-state index in [9.17, 15) is 0 Å². The first-order chi connectivity index (χ1) is 9.78. The third-order valence-electron chi connectivity index (χ3n) is 4.72. The summed E-state index contributed by atoms with van der Waals surface area (Å²) in [4.78, 5) is 2.50. The van der Waals surface area contributed by atoms with Gasteiger partial charge in [-0.2, -0.15) is 0 Å². The summed E-state index contributed by atoms with van der Waals surface area (Å²) in [6.45, 7) is 16.9. The number of hydrogen-bond donors (Lipinski definition) is 1. The summed E-state index contributed by atoms with van der Waals surface area (Å²) in [5.41, 5.74) is 1.37. The number of benzene rings is 1. The summed E-state index contributed by atoms with van der Waals surface area (Å²) >= 11 is 0. The summed E-state index contributed by atoms with van der Waals surface area (Å²) in [6, 6.07) is 8.70. The van der Waals surface area contributed by atoms with Gasteiger partial charge in [0.15, 0.2) is 0 Å². The van der Waals surface area contributed by atoms with Gasteiger partial charge in [-0.1, -0.05) is 32.9 Å². The average molecular weight is 307 g/mol. The Morgan fingerprint density at radius 1 is 1.10 bits per heavy atom. The summed E-state index contributed by atoms with van der Waals surface area (Å²) < 4.78 is 6.33. The van der Waals surface area contributed by atoms with Crippen molar-refractivity contribution in [3.63, 3.8) is 0 Å². The van der Waals surface area contributed by atoms with Crippen molar-refractivity contribution in [2.24, 2.45) is 0 Å². The molecule has 2 rings (SSSR count). The van der Waals surface area contributed by atoms with E-state index in [4.69, 9.17) is 4.43 Å². The lowest BCUT2D eigenvalue weighted by atomic mass is 10.2. The van der Waals surface area contributed by atoms with E-state index in [1.54, 1.807) is 0 Å². The third kappa shape index (κ3) is 4.56. The van der Waals surface area contributed by atoms with Crippen LogP contribution < -0.4 is 9.74 Å². The van der Waals surface area contributed by atoms with Gasteiger partial charge in [-0.15, -0.1) is 0 Å². The van der Waals surface area contributed by atoms with Gasteiger partial charge in [-0.25, -0.2) is 0 Å². The molecular formula is C17H30N2OSi. The zero-order chi connectivity index (χ0) is 15.5. The molecule has 0 aliphatic carbocycles. The zero-order valence-corrected chi connectivity index (χ0v) is 15.2.